The van der Waals surface area contributed by atoms with Gasteiger partial charge in [0.2, 0.25) is 0 Å². The Kier molecular flexibility index (Phi) is 6.37. The molecule has 0 aliphatic heterocycles. The minimum absolute atomic E-state index is 0. The Balaban J connectivity index is 0.00000200. The van der Waals surface area contributed by atoms with E-state index in [1.807, 2.05) is 32.0 Å². The first-order valence-electron chi connectivity index (χ1n) is 6.47. The van der Waals surface area contributed by atoms with Crippen molar-refractivity contribution in [2.45, 2.75) is 33.6 Å². The Morgan fingerprint density at radius 3 is 2.60 bits per heavy atom. The summed E-state index contributed by atoms with van der Waals surface area (Å²) < 4.78 is 5.73. The fourth-order valence-electron chi connectivity index (χ4n) is 2.09. The Morgan fingerprint density at radius 2 is 2.00 bits per heavy atom. The average molecular weight is 315 g/mol. The normalized spacial score (nSPS) is 10.2. The summed E-state index contributed by atoms with van der Waals surface area (Å²) >= 11 is 5.98. The zero-order chi connectivity index (χ0) is 13.8. The van der Waals surface area contributed by atoms with Crippen molar-refractivity contribution in [3.05, 3.63) is 45.7 Å². The van der Waals surface area contributed by atoms with Crippen molar-refractivity contribution < 1.29 is 4.74 Å². The lowest BCUT2D eigenvalue weighted by Crippen LogP contribution is -2.00. The zero-order valence-corrected chi connectivity index (χ0v) is 13.6. The number of nitrogens with zero attached hydrogens (tertiary/aromatic N) is 1. The molecule has 110 valence electrons. The van der Waals surface area contributed by atoms with Gasteiger partial charge in [-0.3, -0.25) is 5.10 Å². The van der Waals surface area contributed by atoms with E-state index < -0.39 is 0 Å². The molecule has 0 atom stereocenters. The summed E-state index contributed by atoms with van der Waals surface area (Å²) in [5.74, 6) is 0.877. The predicted molar refractivity (Wildman–Crippen MR) is 85.3 cm³/mol. The molecule has 1 heterocycles. The van der Waals surface area contributed by atoms with Crippen molar-refractivity contribution in [3.8, 4) is 5.75 Å². The van der Waals surface area contributed by atoms with Crippen LogP contribution in [0.15, 0.2) is 18.2 Å². The standard InChI is InChI=1S/C15H19ClN2O.ClH/c1-10-9-13(6-7-15(10)16)19-8-4-5-14-11(2)17-18-12(14)3;/h6-7,9H,4-5,8H2,1-3H3,(H,17,18);1H. The summed E-state index contributed by atoms with van der Waals surface area (Å²) in [6.07, 6.45) is 1.96. The fraction of sp³-hybridized carbons (Fsp3) is 0.400. The molecule has 0 unspecified atom stereocenters. The van der Waals surface area contributed by atoms with Gasteiger partial charge in [0.25, 0.3) is 0 Å². The number of aryl methyl sites for hydroxylation is 3. The number of H-pyrrole nitrogens is 1. The molecule has 0 radical (unpaired) electrons. The summed E-state index contributed by atoms with van der Waals surface area (Å²) in [5, 5.41) is 7.97. The number of ether oxygens (including phenoxy) is 1. The first kappa shape index (κ1) is 16.9. The van der Waals surface area contributed by atoms with Crippen LogP contribution in [0, 0.1) is 20.8 Å². The van der Waals surface area contributed by atoms with Crippen molar-refractivity contribution in [3.63, 3.8) is 0 Å². The molecule has 0 aliphatic carbocycles. The summed E-state index contributed by atoms with van der Waals surface area (Å²) in [7, 11) is 0. The Morgan fingerprint density at radius 1 is 1.25 bits per heavy atom. The number of halogens is 2. The van der Waals surface area contributed by atoms with Gasteiger partial charge in [0.1, 0.15) is 5.75 Å². The summed E-state index contributed by atoms with van der Waals surface area (Å²) in [6.45, 7) is 6.76. The van der Waals surface area contributed by atoms with Crippen LogP contribution in [0.2, 0.25) is 5.02 Å². The van der Waals surface area contributed by atoms with Crippen LogP contribution < -0.4 is 4.74 Å². The molecule has 0 saturated carbocycles. The van der Waals surface area contributed by atoms with E-state index in [1.165, 1.54) is 5.56 Å². The molecule has 0 bridgehead atoms. The maximum atomic E-state index is 5.98. The molecule has 0 fully saturated rings. The number of hydrogen-bond donors (Lipinski definition) is 1. The summed E-state index contributed by atoms with van der Waals surface area (Å²) in [4.78, 5) is 0. The van der Waals surface area contributed by atoms with Crippen molar-refractivity contribution in [1.29, 1.82) is 0 Å². The maximum Gasteiger partial charge on any atom is 0.119 e. The first-order chi connectivity index (χ1) is 9.08. The Labute approximate surface area is 131 Å². The molecule has 1 aromatic heterocycles. The molecule has 2 aromatic rings. The predicted octanol–water partition coefficient (Wildman–Crippen LogP) is 4.42. The average Bonchev–Trinajstić information content (AvgIpc) is 2.70. The smallest absolute Gasteiger partial charge is 0.119 e. The van der Waals surface area contributed by atoms with Crippen LogP contribution in [0.25, 0.3) is 0 Å². The van der Waals surface area contributed by atoms with Crippen LogP contribution in [-0.4, -0.2) is 16.8 Å². The van der Waals surface area contributed by atoms with Crippen LogP contribution in [0.5, 0.6) is 5.75 Å². The van der Waals surface area contributed by atoms with Gasteiger partial charge in [-0.2, -0.15) is 5.10 Å². The first-order valence-corrected chi connectivity index (χ1v) is 6.85. The lowest BCUT2D eigenvalue weighted by molar-refractivity contribution is 0.310. The van der Waals surface area contributed by atoms with E-state index in [0.29, 0.717) is 6.61 Å². The summed E-state index contributed by atoms with van der Waals surface area (Å²) in [5.41, 5.74) is 4.58. The second kappa shape index (κ2) is 7.55. The third-order valence-electron chi connectivity index (χ3n) is 3.25. The third kappa shape index (κ3) is 4.15. The monoisotopic (exact) mass is 314 g/mol. The lowest BCUT2D eigenvalue weighted by Gasteiger charge is -2.08. The van der Waals surface area contributed by atoms with E-state index in [9.17, 15) is 0 Å². The number of benzene rings is 1. The van der Waals surface area contributed by atoms with E-state index in [4.69, 9.17) is 16.3 Å². The van der Waals surface area contributed by atoms with E-state index in [0.717, 1.165) is 40.6 Å². The van der Waals surface area contributed by atoms with Gasteiger partial charge in [0.15, 0.2) is 0 Å². The minimum Gasteiger partial charge on any atom is -0.494 e. The van der Waals surface area contributed by atoms with E-state index in [-0.39, 0.29) is 12.4 Å². The Bertz CT molecular complexity index is 547. The molecule has 1 N–H and O–H groups in total. The molecule has 2 rings (SSSR count). The minimum atomic E-state index is 0. The molecule has 3 nitrogen and oxygen atoms in total. The van der Waals surface area contributed by atoms with Crippen molar-refractivity contribution >= 4 is 24.0 Å². The van der Waals surface area contributed by atoms with Gasteiger partial charge in [-0.1, -0.05) is 11.6 Å². The van der Waals surface area contributed by atoms with Crippen molar-refractivity contribution in [2.24, 2.45) is 0 Å². The highest BCUT2D eigenvalue weighted by atomic mass is 35.5. The quantitative estimate of drug-likeness (QED) is 0.829. The number of nitrogens with one attached hydrogen (secondary N) is 1. The topological polar surface area (TPSA) is 37.9 Å². The van der Waals surface area contributed by atoms with Crippen molar-refractivity contribution in [2.75, 3.05) is 6.61 Å². The largest absolute Gasteiger partial charge is 0.494 e. The fourth-order valence-corrected chi connectivity index (χ4v) is 2.21. The summed E-state index contributed by atoms with van der Waals surface area (Å²) in [6, 6.07) is 5.75. The van der Waals surface area contributed by atoms with Gasteiger partial charge in [-0.25, -0.2) is 0 Å². The van der Waals surface area contributed by atoms with E-state index in [2.05, 4.69) is 17.1 Å². The van der Waals surface area contributed by atoms with Gasteiger partial charge in [-0.15, -0.1) is 12.4 Å². The third-order valence-corrected chi connectivity index (χ3v) is 3.67. The molecule has 0 aliphatic rings. The molecule has 5 heteroatoms. The number of aromatic amines is 1. The molecule has 0 saturated heterocycles. The maximum absolute atomic E-state index is 5.98. The van der Waals surface area contributed by atoms with Gasteiger partial charge in [0, 0.05) is 10.7 Å². The second-order valence-electron chi connectivity index (χ2n) is 4.78. The second-order valence-corrected chi connectivity index (χ2v) is 5.18. The molecule has 0 amide bonds. The van der Waals surface area contributed by atoms with Crippen LogP contribution in [0.1, 0.15) is 28.9 Å². The van der Waals surface area contributed by atoms with Gasteiger partial charge >= 0.3 is 0 Å². The Hall–Kier alpha value is -1.19. The van der Waals surface area contributed by atoms with Gasteiger partial charge in [-0.05, 0) is 62.9 Å². The molecule has 1 aromatic carbocycles. The number of aromatic nitrogens is 2. The number of hydrogen-bond acceptors (Lipinski definition) is 2. The lowest BCUT2D eigenvalue weighted by atomic mass is 10.1. The molecular formula is C15H20Cl2N2O. The van der Waals surface area contributed by atoms with E-state index >= 15 is 0 Å². The number of rotatable bonds is 5. The highest BCUT2D eigenvalue weighted by molar-refractivity contribution is 6.31. The van der Waals surface area contributed by atoms with Crippen LogP contribution in [0.4, 0.5) is 0 Å². The van der Waals surface area contributed by atoms with Crippen LogP contribution in [-0.2, 0) is 6.42 Å². The van der Waals surface area contributed by atoms with Crippen molar-refractivity contribution in [1.82, 2.24) is 10.2 Å². The highest BCUT2D eigenvalue weighted by Crippen LogP contribution is 2.21. The van der Waals surface area contributed by atoms with Gasteiger partial charge < -0.3 is 4.74 Å². The molecular weight excluding hydrogens is 295 g/mol. The van der Waals surface area contributed by atoms with Crippen LogP contribution >= 0.6 is 24.0 Å². The van der Waals surface area contributed by atoms with Gasteiger partial charge in [0.05, 0.1) is 12.3 Å². The SMILES string of the molecule is Cc1cc(OCCCc2c(C)n[nH]c2C)ccc1Cl.Cl. The molecule has 20 heavy (non-hydrogen) atoms. The zero-order valence-electron chi connectivity index (χ0n) is 12.0. The molecule has 0 spiro atoms. The highest BCUT2D eigenvalue weighted by Gasteiger charge is 2.05. The van der Waals surface area contributed by atoms with Crippen LogP contribution in [0.3, 0.4) is 0 Å². The van der Waals surface area contributed by atoms with E-state index in [1.54, 1.807) is 0 Å².